The molecule has 0 radical (unpaired) electrons. The van der Waals surface area contributed by atoms with Crippen LogP contribution in [0, 0.1) is 5.82 Å². The summed E-state index contributed by atoms with van der Waals surface area (Å²) in [5.41, 5.74) is 2.27. The molecule has 0 amide bonds. The van der Waals surface area contributed by atoms with Gasteiger partial charge in [0.2, 0.25) is 5.82 Å². The Kier molecular flexibility index (Phi) is 3.26. The maximum atomic E-state index is 13.8. The van der Waals surface area contributed by atoms with Crippen LogP contribution < -0.4 is 5.69 Å². The number of rotatable bonds is 3. The molecular weight excluding hydrogens is 311 g/mol. The number of H-pyrrole nitrogens is 1. The van der Waals surface area contributed by atoms with E-state index in [-0.39, 0.29) is 17.1 Å². The van der Waals surface area contributed by atoms with Crippen molar-refractivity contribution in [2.45, 2.75) is 13.5 Å². The van der Waals surface area contributed by atoms with Gasteiger partial charge < -0.3 is 9.51 Å². The predicted molar refractivity (Wildman–Crippen MR) is 86.9 cm³/mol. The van der Waals surface area contributed by atoms with Crippen molar-refractivity contribution in [3.63, 3.8) is 0 Å². The summed E-state index contributed by atoms with van der Waals surface area (Å²) in [6.45, 7) is 2.49. The van der Waals surface area contributed by atoms with Gasteiger partial charge in [-0.25, -0.2) is 9.18 Å². The second kappa shape index (κ2) is 5.45. The van der Waals surface area contributed by atoms with Crippen LogP contribution in [-0.4, -0.2) is 19.7 Å². The van der Waals surface area contributed by atoms with E-state index in [1.54, 1.807) is 34.9 Å². The summed E-state index contributed by atoms with van der Waals surface area (Å²) in [5, 5.41) is 3.91. The Balaban J connectivity index is 1.79. The molecule has 7 heteroatoms. The lowest BCUT2D eigenvalue weighted by molar-refractivity contribution is 0.429. The van der Waals surface area contributed by atoms with E-state index in [4.69, 9.17) is 4.52 Å². The molecule has 0 aliphatic rings. The molecular formula is C17H13FN4O2. The Labute approximate surface area is 135 Å². The molecule has 4 rings (SSSR count). The molecule has 2 heterocycles. The Morgan fingerprint density at radius 3 is 2.88 bits per heavy atom. The SMILES string of the molecule is CCn1c(=O)[nH]c2cc(-c3noc(-c4ccccc4F)n3)ccc21. The van der Waals surface area contributed by atoms with Gasteiger partial charge in [-0.1, -0.05) is 17.3 Å². The minimum atomic E-state index is -0.424. The zero-order chi connectivity index (χ0) is 16.7. The molecule has 0 bridgehead atoms. The van der Waals surface area contributed by atoms with Gasteiger partial charge in [0.25, 0.3) is 5.89 Å². The van der Waals surface area contributed by atoms with Crippen LogP contribution in [0.5, 0.6) is 0 Å². The molecule has 6 nitrogen and oxygen atoms in total. The van der Waals surface area contributed by atoms with Crippen LogP contribution >= 0.6 is 0 Å². The third-order valence-electron chi connectivity index (χ3n) is 3.88. The van der Waals surface area contributed by atoms with Crippen molar-refractivity contribution in [2.75, 3.05) is 0 Å². The van der Waals surface area contributed by atoms with Crippen molar-refractivity contribution >= 4 is 11.0 Å². The van der Waals surface area contributed by atoms with Gasteiger partial charge >= 0.3 is 5.69 Å². The monoisotopic (exact) mass is 324 g/mol. The Morgan fingerprint density at radius 2 is 2.08 bits per heavy atom. The third kappa shape index (κ3) is 2.21. The quantitative estimate of drug-likeness (QED) is 0.628. The molecule has 0 fully saturated rings. The number of nitrogens with zero attached hydrogens (tertiary/aromatic N) is 3. The number of imidazole rings is 1. The highest BCUT2D eigenvalue weighted by atomic mass is 19.1. The molecule has 0 atom stereocenters. The van der Waals surface area contributed by atoms with E-state index in [1.807, 2.05) is 13.0 Å². The summed E-state index contributed by atoms with van der Waals surface area (Å²) >= 11 is 0. The van der Waals surface area contributed by atoms with Gasteiger partial charge in [-0.3, -0.25) is 4.57 Å². The van der Waals surface area contributed by atoms with E-state index in [1.165, 1.54) is 6.07 Å². The van der Waals surface area contributed by atoms with E-state index >= 15 is 0 Å². The highest BCUT2D eigenvalue weighted by Crippen LogP contribution is 2.25. The largest absolute Gasteiger partial charge is 0.334 e. The predicted octanol–water partition coefficient (Wildman–Crippen LogP) is 3.21. The molecule has 1 N–H and O–H groups in total. The normalized spacial score (nSPS) is 11.2. The number of nitrogens with one attached hydrogen (secondary N) is 1. The van der Waals surface area contributed by atoms with Crippen LogP contribution in [0.3, 0.4) is 0 Å². The lowest BCUT2D eigenvalue weighted by atomic mass is 10.2. The highest BCUT2D eigenvalue weighted by Gasteiger charge is 2.15. The number of hydrogen-bond acceptors (Lipinski definition) is 4. The summed E-state index contributed by atoms with van der Waals surface area (Å²) in [5.74, 6) is 0.0237. The zero-order valence-corrected chi connectivity index (χ0v) is 12.8. The summed E-state index contributed by atoms with van der Waals surface area (Å²) in [4.78, 5) is 18.9. The molecule has 0 saturated carbocycles. The summed E-state index contributed by atoms with van der Waals surface area (Å²) < 4.78 is 20.6. The van der Waals surface area contributed by atoms with Crippen molar-refractivity contribution < 1.29 is 8.91 Å². The first-order valence-corrected chi connectivity index (χ1v) is 7.49. The first-order chi connectivity index (χ1) is 11.7. The van der Waals surface area contributed by atoms with Crippen molar-refractivity contribution in [1.29, 1.82) is 0 Å². The minimum absolute atomic E-state index is 0.114. The topological polar surface area (TPSA) is 76.7 Å². The van der Waals surface area contributed by atoms with Gasteiger partial charge in [0.1, 0.15) is 5.82 Å². The van der Waals surface area contributed by atoms with Gasteiger partial charge in [0.05, 0.1) is 16.6 Å². The molecule has 0 aliphatic carbocycles. The fraction of sp³-hybridized carbons (Fsp3) is 0.118. The fourth-order valence-electron chi connectivity index (χ4n) is 2.70. The Morgan fingerprint density at radius 1 is 1.25 bits per heavy atom. The smallest absolute Gasteiger partial charge is 0.326 e. The number of hydrogen-bond donors (Lipinski definition) is 1. The van der Waals surface area contributed by atoms with Crippen molar-refractivity contribution in [2.24, 2.45) is 0 Å². The first kappa shape index (κ1) is 14.4. The van der Waals surface area contributed by atoms with Gasteiger partial charge in [0.15, 0.2) is 0 Å². The van der Waals surface area contributed by atoms with Crippen LogP contribution in [0.4, 0.5) is 4.39 Å². The standard InChI is InChI=1S/C17H13FN4O2/c1-2-22-14-8-7-10(9-13(14)19-17(22)23)15-20-16(24-21-15)11-5-3-4-6-12(11)18/h3-9H,2H2,1H3,(H,19,23). The zero-order valence-electron chi connectivity index (χ0n) is 12.8. The summed E-state index contributed by atoms with van der Waals surface area (Å²) in [6, 6.07) is 11.6. The minimum Gasteiger partial charge on any atom is -0.334 e. The number of aromatic nitrogens is 4. The maximum Gasteiger partial charge on any atom is 0.326 e. The Bertz CT molecular complexity index is 1090. The van der Waals surface area contributed by atoms with Crippen LogP contribution in [0.25, 0.3) is 33.9 Å². The van der Waals surface area contributed by atoms with Crippen LogP contribution in [0.15, 0.2) is 51.8 Å². The third-order valence-corrected chi connectivity index (χ3v) is 3.88. The lowest BCUT2D eigenvalue weighted by Crippen LogP contribution is -2.14. The van der Waals surface area contributed by atoms with Crippen LogP contribution in [0.1, 0.15) is 6.92 Å². The average molecular weight is 324 g/mol. The molecule has 4 aromatic rings. The second-order valence-corrected chi connectivity index (χ2v) is 5.31. The van der Waals surface area contributed by atoms with Gasteiger partial charge in [-0.2, -0.15) is 4.98 Å². The number of aryl methyl sites for hydroxylation is 1. The second-order valence-electron chi connectivity index (χ2n) is 5.31. The van der Waals surface area contributed by atoms with E-state index in [0.717, 1.165) is 5.52 Å². The van der Waals surface area contributed by atoms with Crippen molar-refractivity contribution in [3.05, 3.63) is 58.8 Å². The molecule has 0 spiro atoms. The van der Waals surface area contributed by atoms with Gasteiger partial charge in [0, 0.05) is 12.1 Å². The Hall–Kier alpha value is -3.22. The average Bonchev–Trinajstić information content (AvgIpc) is 3.18. The summed E-state index contributed by atoms with van der Waals surface area (Å²) in [7, 11) is 0. The molecule has 2 aromatic heterocycles. The summed E-state index contributed by atoms with van der Waals surface area (Å²) in [6.07, 6.45) is 0. The van der Waals surface area contributed by atoms with Gasteiger partial charge in [-0.05, 0) is 37.3 Å². The molecule has 0 saturated heterocycles. The fourth-order valence-corrected chi connectivity index (χ4v) is 2.70. The number of aromatic amines is 1. The van der Waals surface area contributed by atoms with Gasteiger partial charge in [-0.15, -0.1) is 0 Å². The molecule has 0 aliphatic heterocycles. The number of fused-ring (bicyclic) bond motifs is 1. The van der Waals surface area contributed by atoms with E-state index in [2.05, 4.69) is 15.1 Å². The lowest BCUT2D eigenvalue weighted by Gasteiger charge is -1.99. The number of benzene rings is 2. The van der Waals surface area contributed by atoms with Crippen LogP contribution in [-0.2, 0) is 6.54 Å². The van der Waals surface area contributed by atoms with Crippen LogP contribution in [0.2, 0.25) is 0 Å². The highest BCUT2D eigenvalue weighted by molar-refractivity contribution is 5.80. The molecule has 120 valence electrons. The first-order valence-electron chi connectivity index (χ1n) is 7.49. The number of halogens is 1. The molecule has 2 aromatic carbocycles. The van der Waals surface area contributed by atoms with E-state index in [0.29, 0.717) is 23.4 Å². The maximum absolute atomic E-state index is 13.8. The van der Waals surface area contributed by atoms with Crippen molar-refractivity contribution in [1.82, 2.24) is 19.7 Å². The molecule has 24 heavy (non-hydrogen) atoms. The van der Waals surface area contributed by atoms with Crippen molar-refractivity contribution in [3.8, 4) is 22.8 Å². The van der Waals surface area contributed by atoms with E-state index < -0.39 is 5.82 Å². The van der Waals surface area contributed by atoms with E-state index in [9.17, 15) is 9.18 Å². The molecule has 0 unspecified atom stereocenters.